The minimum absolute atomic E-state index is 0.0147. The van der Waals surface area contributed by atoms with Crippen molar-refractivity contribution >= 4 is 15.8 Å². The SMILES string of the molecule is Cc1ccc(S(=O)(=O)Cc2cc(C(=O)O)c(C)o2)cc1. The van der Waals surface area contributed by atoms with E-state index in [0.29, 0.717) is 0 Å². The number of carboxylic acids is 1. The molecule has 5 nitrogen and oxygen atoms in total. The lowest BCUT2D eigenvalue weighted by molar-refractivity contribution is 0.0695. The lowest BCUT2D eigenvalue weighted by atomic mass is 10.2. The van der Waals surface area contributed by atoms with Gasteiger partial charge in [0.25, 0.3) is 0 Å². The molecule has 1 N–H and O–H groups in total. The number of sulfone groups is 1. The van der Waals surface area contributed by atoms with Crippen LogP contribution >= 0.6 is 0 Å². The van der Waals surface area contributed by atoms with E-state index in [0.717, 1.165) is 5.56 Å². The summed E-state index contributed by atoms with van der Waals surface area (Å²) in [5.41, 5.74) is 0.949. The quantitative estimate of drug-likeness (QED) is 0.936. The van der Waals surface area contributed by atoms with Gasteiger partial charge in [-0.15, -0.1) is 0 Å². The zero-order valence-electron chi connectivity index (χ0n) is 11.1. The van der Waals surface area contributed by atoms with Gasteiger partial charge in [-0.1, -0.05) is 17.7 Å². The number of rotatable bonds is 4. The van der Waals surface area contributed by atoms with E-state index in [1.54, 1.807) is 12.1 Å². The van der Waals surface area contributed by atoms with E-state index in [4.69, 9.17) is 9.52 Å². The molecule has 1 aromatic heterocycles. The van der Waals surface area contributed by atoms with Crippen molar-refractivity contribution in [3.8, 4) is 0 Å². The Morgan fingerprint density at radius 1 is 1.20 bits per heavy atom. The number of carbonyl (C=O) groups is 1. The summed E-state index contributed by atoms with van der Waals surface area (Å²) >= 11 is 0. The van der Waals surface area contributed by atoms with Crippen LogP contribution in [0.25, 0.3) is 0 Å². The number of furan rings is 1. The molecule has 1 aromatic carbocycles. The number of aromatic carboxylic acids is 1. The number of hydrogen-bond donors (Lipinski definition) is 1. The summed E-state index contributed by atoms with van der Waals surface area (Å²) in [7, 11) is -3.55. The largest absolute Gasteiger partial charge is 0.478 e. The average molecular weight is 294 g/mol. The number of hydrogen-bond acceptors (Lipinski definition) is 4. The normalized spacial score (nSPS) is 11.5. The third-order valence-electron chi connectivity index (χ3n) is 2.91. The second kappa shape index (κ2) is 5.13. The van der Waals surface area contributed by atoms with Crippen molar-refractivity contribution in [3.05, 3.63) is 53.0 Å². The van der Waals surface area contributed by atoms with Gasteiger partial charge in [-0.25, -0.2) is 13.2 Å². The molecule has 1 heterocycles. The molecular weight excluding hydrogens is 280 g/mol. The lowest BCUT2D eigenvalue weighted by Gasteiger charge is -2.02. The molecule has 0 atom stereocenters. The molecule has 0 aliphatic carbocycles. The first-order valence-electron chi connectivity index (χ1n) is 5.91. The smallest absolute Gasteiger partial charge is 0.339 e. The standard InChI is InChI=1S/C14H14O5S/c1-9-3-5-12(6-4-9)20(17,18)8-11-7-13(14(15)16)10(2)19-11/h3-7H,8H2,1-2H3,(H,15,16). The van der Waals surface area contributed by atoms with Crippen molar-refractivity contribution in [1.29, 1.82) is 0 Å². The maximum atomic E-state index is 12.2. The summed E-state index contributed by atoms with van der Waals surface area (Å²) in [6, 6.07) is 7.73. The van der Waals surface area contributed by atoms with Crippen molar-refractivity contribution < 1.29 is 22.7 Å². The van der Waals surface area contributed by atoms with Gasteiger partial charge in [0.05, 0.1) is 4.90 Å². The zero-order valence-corrected chi connectivity index (χ0v) is 11.9. The molecule has 106 valence electrons. The first-order chi connectivity index (χ1) is 9.29. The molecule has 0 saturated carbocycles. The Morgan fingerprint density at radius 2 is 1.80 bits per heavy atom. The van der Waals surface area contributed by atoms with Gasteiger partial charge in [-0.05, 0) is 32.0 Å². The second-order valence-corrected chi connectivity index (χ2v) is 6.55. The number of carboxylic acid groups (broad SMARTS) is 1. The number of benzene rings is 1. The van der Waals surface area contributed by atoms with Crippen molar-refractivity contribution in [3.63, 3.8) is 0 Å². The molecule has 0 fully saturated rings. The minimum Gasteiger partial charge on any atom is -0.478 e. The van der Waals surface area contributed by atoms with Crippen LogP contribution in [0.2, 0.25) is 0 Å². The van der Waals surface area contributed by atoms with Gasteiger partial charge in [0.15, 0.2) is 9.84 Å². The molecule has 2 rings (SSSR count). The third kappa shape index (κ3) is 2.91. The molecule has 0 saturated heterocycles. The van der Waals surface area contributed by atoms with Crippen LogP contribution in [0.4, 0.5) is 0 Å². The molecule has 0 amide bonds. The molecule has 0 spiro atoms. The minimum atomic E-state index is -3.55. The summed E-state index contributed by atoms with van der Waals surface area (Å²) in [4.78, 5) is 11.1. The highest BCUT2D eigenvalue weighted by Gasteiger charge is 2.20. The van der Waals surface area contributed by atoms with Crippen molar-refractivity contribution in [1.82, 2.24) is 0 Å². The Kier molecular flexibility index (Phi) is 3.67. The second-order valence-electron chi connectivity index (χ2n) is 4.56. The van der Waals surface area contributed by atoms with Gasteiger partial charge < -0.3 is 9.52 Å². The van der Waals surface area contributed by atoms with Crippen LogP contribution in [0.15, 0.2) is 39.6 Å². The van der Waals surface area contributed by atoms with Gasteiger partial charge in [-0.2, -0.15) is 0 Å². The van der Waals surface area contributed by atoms with Crippen LogP contribution in [0.1, 0.15) is 27.4 Å². The molecule has 6 heteroatoms. The first kappa shape index (κ1) is 14.3. The monoisotopic (exact) mass is 294 g/mol. The maximum absolute atomic E-state index is 12.2. The summed E-state index contributed by atoms with van der Waals surface area (Å²) in [5, 5.41) is 8.92. The van der Waals surface area contributed by atoms with Gasteiger partial charge in [0, 0.05) is 0 Å². The van der Waals surface area contributed by atoms with Crippen molar-refractivity contribution in [2.24, 2.45) is 0 Å². The summed E-state index contributed by atoms with van der Waals surface area (Å²) in [6.45, 7) is 3.36. The average Bonchev–Trinajstić information content (AvgIpc) is 2.70. The number of aryl methyl sites for hydroxylation is 2. The molecule has 20 heavy (non-hydrogen) atoms. The fraction of sp³-hybridized carbons (Fsp3) is 0.214. The van der Waals surface area contributed by atoms with Crippen LogP contribution in [0.3, 0.4) is 0 Å². The van der Waals surface area contributed by atoms with Gasteiger partial charge in [0.2, 0.25) is 0 Å². The Bertz CT molecular complexity index is 738. The van der Waals surface area contributed by atoms with Crippen LogP contribution in [-0.2, 0) is 15.6 Å². The van der Waals surface area contributed by atoms with Crippen molar-refractivity contribution in [2.75, 3.05) is 0 Å². The third-order valence-corrected chi connectivity index (χ3v) is 4.57. The Balaban J connectivity index is 2.31. The van der Waals surface area contributed by atoms with E-state index in [1.165, 1.54) is 25.1 Å². The zero-order chi connectivity index (χ0) is 14.9. The lowest BCUT2D eigenvalue weighted by Crippen LogP contribution is -2.04. The predicted octanol–water partition coefficient (Wildman–Crippen LogP) is 2.57. The Hall–Kier alpha value is -2.08. The van der Waals surface area contributed by atoms with Gasteiger partial charge in [0.1, 0.15) is 22.8 Å². The van der Waals surface area contributed by atoms with Crippen LogP contribution < -0.4 is 0 Å². The van der Waals surface area contributed by atoms with Gasteiger partial charge >= 0.3 is 5.97 Å². The molecule has 0 bridgehead atoms. The Labute approximate surface area is 116 Å². The topological polar surface area (TPSA) is 84.6 Å². The predicted molar refractivity (Wildman–Crippen MR) is 72.5 cm³/mol. The van der Waals surface area contributed by atoms with Crippen LogP contribution in [-0.4, -0.2) is 19.5 Å². The first-order valence-corrected chi connectivity index (χ1v) is 7.57. The molecule has 0 radical (unpaired) electrons. The fourth-order valence-corrected chi connectivity index (χ4v) is 3.08. The van der Waals surface area contributed by atoms with Gasteiger partial charge in [-0.3, -0.25) is 0 Å². The molecule has 2 aromatic rings. The van der Waals surface area contributed by atoms with Crippen molar-refractivity contribution in [2.45, 2.75) is 24.5 Å². The highest BCUT2D eigenvalue weighted by Crippen LogP contribution is 2.21. The highest BCUT2D eigenvalue weighted by atomic mass is 32.2. The summed E-state index contributed by atoms with van der Waals surface area (Å²) in [6.07, 6.45) is 0. The summed E-state index contributed by atoms with van der Waals surface area (Å²) in [5.74, 6) is -1.17. The van der Waals surface area contributed by atoms with Crippen LogP contribution in [0.5, 0.6) is 0 Å². The van der Waals surface area contributed by atoms with E-state index < -0.39 is 15.8 Å². The van der Waals surface area contributed by atoms with Crippen LogP contribution in [0, 0.1) is 13.8 Å². The Morgan fingerprint density at radius 3 is 2.30 bits per heavy atom. The van der Waals surface area contributed by atoms with E-state index in [9.17, 15) is 13.2 Å². The van der Waals surface area contributed by atoms with E-state index in [2.05, 4.69) is 0 Å². The fourth-order valence-electron chi connectivity index (χ4n) is 1.84. The van der Waals surface area contributed by atoms with E-state index in [1.807, 2.05) is 6.92 Å². The van der Waals surface area contributed by atoms with E-state index >= 15 is 0 Å². The molecular formula is C14H14O5S. The molecule has 0 aliphatic heterocycles. The maximum Gasteiger partial charge on any atom is 0.339 e. The van der Waals surface area contributed by atoms with E-state index in [-0.39, 0.29) is 27.7 Å². The highest BCUT2D eigenvalue weighted by molar-refractivity contribution is 7.90. The molecule has 0 unspecified atom stereocenters. The molecule has 0 aliphatic rings. The summed E-state index contributed by atoms with van der Waals surface area (Å²) < 4.78 is 29.6.